The van der Waals surface area contributed by atoms with Crippen molar-refractivity contribution in [3.8, 4) is 0 Å². The maximum atomic E-state index is 13.2. The lowest BCUT2D eigenvalue weighted by Crippen LogP contribution is -2.39. The summed E-state index contributed by atoms with van der Waals surface area (Å²) >= 11 is 1.34. The van der Waals surface area contributed by atoms with Crippen LogP contribution in [0.1, 0.15) is 12.8 Å². The number of anilines is 1. The molecule has 0 aliphatic carbocycles. The molecule has 8 heteroatoms. The van der Waals surface area contributed by atoms with E-state index in [4.69, 9.17) is 0 Å². The first-order valence-corrected chi connectivity index (χ1v) is 9.19. The molecule has 21 heavy (non-hydrogen) atoms. The molecule has 1 aliphatic heterocycles. The maximum absolute atomic E-state index is 13.2. The number of nitrogens with zero attached hydrogens (tertiary/aromatic N) is 2. The Labute approximate surface area is 125 Å². The van der Waals surface area contributed by atoms with Crippen LogP contribution in [0.3, 0.4) is 0 Å². The van der Waals surface area contributed by atoms with E-state index in [9.17, 15) is 17.2 Å². The van der Waals surface area contributed by atoms with Crippen molar-refractivity contribution >= 4 is 36.5 Å². The molecule has 0 saturated carbocycles. The Kier molecular flexibility index (Phi) is 3.40. The van der Waals surface area contributed by atoms with E-state index >= 15 is 0 Å². The summed E-state index contributed by atoms with van der Waals surface area (Å²) in [5, 5.41) is 0.608. The SMILES string of the molecule is CS(=O)(=O)c1cccc2sc(N3CCC(F)(F)CC3)nc12. The van der Waals surface area contributed by atoms with Crippen molar-refractivity contribution in [2.24, 2.45) is 0 Å². The maximum Gasteiger partial charge on any atom is 0.251 e. The third kappa shape index (κ3) is 2.87. The number of rotatable bonds is 2. The van der Waals surface area contributed by atoms with Crippen LogP contribution in [-0.2, 0) is 9.84 Å². The zero-order chi connectivity index (χ0) is 15.3. The molecule has 1 fully saturated rings. The fraction of sp³-hybridized carbons (Fsp3) is 0.462. The topological polar surface area (TPSA) is 50.3 Å². The minimum atomic E-state index is -3.36. The molecule has 3 rings (SSSR count). The lowest BCUT2D eigenvalue weighted by atomic mass is 10.1. The number of piperidine rings is 1. The number of halogens is 2. The van der Waals surface area contributed by atoms with Gasteiger partial charge in [-0.2, -0.15) is 0 Å². The summed E-state index contributed by atoms with van der Waals surface area (Å²) in [6.45, 7) is 0.474. The molecule has 0 radical (unpaired) electrons. The molecule has 0 atom stereocenters. The lowest BCUT2D eigenvalue weighted by Gasteiger charge is -2.31. The van der Waals surface area contributed by atoms with Gasteiger partial charge in [0.25, 0.3) is 5.92 Å². The van der Waals surface area contributed by atoms with Crippen LogP contribution >= 0.6 is 11.3 Å². The lowest BCUT2D eigenvalue weighted by molar-refractivity contribution is -0.0220. The molecule has 2 heterocycles. The third-order valence-electron chi connectivity index (χ3n) is 3.54. The average Bonchev–Trinajstić information content (AvgIpc) is 2.80. The van der Waals surface area contributed by atoms with E-state index in [1.54, 1.807) is 17.0 Å². The highest BCUT2D eigenvalue weighted by molar-refractivity contribution is 7.91. The van der Waals surface area contributed by atoms with Crippen LogP contribution in [0.25, 0.3) is 10.2 Å². The Bertz CT molecular complexity index is 777. The van der Waals surface area contributed by atoms with Crippen LogP contribution in [-0.4, -0.2) is 38.7 Å². The summed E-state index contributed by atoms with van der Waals surface area (Å²) in [6, 6.07) is 4.99. The highest BCUT2D eigenvalue weighted by atomic mass is 32.2. The Hall–Kier alpha value is -1.28. The molecule has 2 aromatic rings. The van der Waals surface area contributed by atoms with Gasteiger partial charge in [-0.15, -0.1) is 0 Å². The molecule has 0 bridgehead atoms. The second-order valence-electron chi connectivity index (χ2n) is 5.21. The Morgan fingerprint density at radius 2 is 1.95 bits per heavy atom. The van der Waals surface area contributed by atoms with Gasteiger partial charge in [0.15, 0.2) is 15.0 Å². The van der Waals surface area contributed by atoms with E-state index < -0.39 is 15.8 Å². The van der Waals surface area contributed by atoms with Crippen molar-refractivity contribution < 1.29 is 17.2 Å². The van der Waals surface area contributed by atoms with Crippen LogP contribution in [0.15, 0.2) is 23.1 Å². The van der Waals surface area contributed by atoms with E-state index in [-0.39, 0.29) is 30.8 Å². The van der Waals surface area contributed by atoms with E-state index in [0.717, 1.165) is 11.0 Å². The van der Waals surface area contributed by atoms with E-state index in [1.807, 2.05) is 0 Å². The second kappa shape index (κ2) is 4.88. The Morgan fingerprint density at radius 3 is 2.57 bits per heavy atom. The predicted octanol–water partition coefficient (Wildman–Crippen LogP) is 2.94. The normalized spacial score (nSPS) is 19.1. The molecule has 0 spiro atoms. The summed E-state index contributed by atoms with van der Waals surface area (Å²) in [5.41, 5.74) is 0.428. The zero-order valence-electron chi connectivity index (χ0n) is 11.3. The van der Waals surface area contributed by atoms with Gasteiger partial charge in [-0.05, 0) is 12.1 Å². The monoisotopic (exact) mass is 332 g/mol. The second-order valence-corrected chi connectivity index (χ2v) is 8.21. The number of sulfone groups is 1. The fourth-order valence-electron chi connectivity index (χ4n) is 2.37. The first-order chi connectivity index (χ1) is 9.76. The largest absolute Gasteiger partial charge is 0.348 e. The van der Waals surface area contributed by atoms with Gasteiger partial charge in [0.1, 0.15) is 5.52 Å². The molecule has 114 valence electrons. The van der Waals surface area contributed by atoms with Gasteiger partial charge in [0.2, 0.25) is 0 Å². The zero-order valence-corrected chi connectivity index (χ0v) is 13.0. The Balaban J connectivity index is 1.99. The van der Waals surface area contributed by atoms with E-state index in [2.05, 4.69) is 4.98 Å². The van der Waals surface area contributed by atoms with Crippen molar-refractivity contribution in [1.82, 2.24) is 4.98 Å². The van der Waals surface area contributed by atoms with Crippen molar-refractivity contribution in [1.29, 1.82) is 0 Å². The summed E-state index contributed by atoms with van der Waals surface area (Å²) in [7, 11) is -3.36. The molecule has 0 amide bonds. The van der Waals surface area contributed by atoms with Crippen LogP contribution in [0.5, 0.6) is 0 Å². The summed E-state index contributed by atoms with van der Waals surface area (Å²) in [5.74, 6) is -2.61. The van der Waals surface area contributed by atoms with Gasteiger partial charge >= 0.3 is 0 Å². The van der Waals surface area contributed by atoms with Crippen LogP contribution in [0.4, 0.5) is 13.9 Å². The van der Waals surface area contributed by atoms with Crippen LogP contribution < -0.4 is 4.90 Å². The van der Waals surface area contributed by atoms with E-state index in [1.165, 1.54) is 17.4 Å². The predicted molar refractivity (Wildman–Crippen MR) is 79.1 cm³/mol. The van der Waals surface area contributed by atoms with Gasteiger partial charge in [0, 0.05) is 32.2 Å². The number of thiazole rings is 1. The van der Waals surface area contributed by atoms with Crippen LogP contribution in [0, 0.1) is 0 Å². The van der Waals surface area contributed by atoms with Gasteiger partial charge in [-0.25, -0.2) is 22.2 Å². The third-order valence-corrected chi connectivity index (χ3v) is 5.75. The smallest absolute Gasteiger partial charge is 0.251 e. The molecule has 0 N–H and O–H groups in total. The number of alkyl halides is 2. The minimum Gasteiger partial charge on any atom is -0.348 e. The Morgan fingerprint density at radius 1 is 1.29 bits per heavy atom. The van der Waals surface area contributed by atoms with E-state index in [0.29, 0.717) is 10.6 Å². The highest BCUT2D eigenvalue weighted by Gasteiger charge is 2.35. The first-order valence-electron chi connectivity index (χ1n) is 6.49. The summed E-state index contributed by atoms with van der Waals surface area (Å²) < 4.78 is 50.7. The summed E-state index contributed by atoms with van der Waals surface area (Å²) in [4.78, 5) is 6.36. The fourth-order valence-corrected chi connectivity index (χ4v) is 4.31. The number of para-hydroxylation sites is 1. The van der Waals surface area contributed by atoms with Crippen LogP contribution in [0.2, 0.25) is 0 Å². The van der Waals surface area contributed by atoms with Gasteiger partial charge in [-0.3, -0.25) is 0 Å². The number of hydrogen-bond acceptors (Lipinski definition) is 5. The number of hydrogen-bond donors (Lipinski definition) is 0. The molecule has 1 aromatic carbocycles. The highest BCUT2D eigenvalue weighted by Crippen LogP contribution is 2.36. The number of benzene rings is 1. The average molecular weight is 332 g/mol. The summed E-state index contributed by atoms with van der Waals surface area (Å²) in [6.07, 6.45) is 0.756. The van der Waals surface area contributed by atoms with Gasteiger partial charge in [-0.1, -0.05) is 17.4 Å². The van der Waals surface area contributed by atoms with Crippen molar-refractivity contribution in [2.45, 2.75) is 23.7 Å². The van der Waals surface area contributed by atoms with Crippen molar-refractivity contribution in [3.05, 3.63) is 18.2 Å². The number of fused-ring (bicyclic) bond motifs is 1. The molecule has 1 saturated heterocycles. The quantitative estimate of drug-likeness (QED) is 0.848. The van der Waals surface area contributed by atoms with Crippen molar-refractivity contribution in [3.63, 3.8) is 0 Å². The molecule has 1 aromatic heterocycles. The van der Waals surface area contributed by atoms with Gasteiger partial charge in [0.05, 0.1) is 9.60 Å². The molecular weight excluding hydrogens is 318 g/mol. The standard InChI is InChI=1S/C13H14F2N2O2S2/c1-21(18,19)10-4-2-3-9-11(10)16-12(20-9)17-7-5-13(14,15)6-8-17/h2-4H,5-8H2,1H3. The molecule has 4 nitrogen and oxygen atoms in total. The van der Waals surface area contributed by atoms with Crippen molar-refractivity contribution in [2.75, 3.05) is 24.2 Å². The first kappa shape index (κ1) is 14.6. The van der Waals surface area contributed by atoms with Gasteiger partial charge < -0.3 is 4.90 Å². The molecular formula is C13H14F2N2O2S2. The molecule has 0 unspecified atom stereocenters. The minimum absolute atomic E-state index is 0.185. The molecule has 1 aliphatic rings. The number of aromatic nitrogens is 1.